The van der Waals surface area contributed by atoms with E-state index in [-0.39, 0.29) is 17.8 Å². The predicted molar refractivity (Wildman–Crippen MR) is 76.0 cm³/mol. The average Bonchev–Trinajstić information content (AvgIpc) is 2.78. The van der Waals surface area contributed by atoms with Gasteiger partial charge in [-0.1, -0.05) is 6.07 Å². The maximum atomic E-state index is 10.0. The van der Waals surface area contributed by atoms with Crippen LogP contribution in [-0.2, 0) is 6.54 Å². The van der Waals surface area contributed by atoms with Crippen LogP contribution in [0.5, 0.6) is 12.0 Å². The fourth-order valence-electron chi connectivity index (χ4n) is 2.00. The molecule has 3 aromatic heterocycles. The van der Waals surface area contributed by atoms with Crippen LogP contribution in [0.15, 0.2) is 18.3 Å². The third-order valence-electron chi connectivity index (χ3n) is 3.08. The Bertz CT molecular complexity index is 797. The first-order valence-corrected chi connectivity index (χ1v) is 6.26. The van der Waals surface area contributed by atoms with Crippen molar-refractivity contribution in [2.24, 2.45) is 0 Å². The summed E-state index contributed by atoms with van der Waals surface area (Å²) in [7, 11) is 1.45. The number of pyridine rings is 1. The number of aromatic hydroxyl groups is 1. The summed E-state index contributed by atoms with van der Waals surface area (Å²) in [4.78, 5) is 16.4. The van der Waals surface area contributed by atoms with Gasteiger partial charge >= 0.3 is 6.01 Å². The zero-order chi connectivity index (χ0) is 15.0. The Balaban J connectivity index is 2.10. The molecule has 0 saturated heterocycles. The summed E-state index contributed by atoms with van der Waals surface area (Å²) in [6.45, 7) is 2.28. The van der Waals surface area contributed by atoms with Crippen molar-refractivity contribution >= 4 is 17.0 Å². The van der Waals surface area contributed by atoms with Crippen molar-refractivity contribution < 1.29 is 9.84 Å². The van der Waals surface area contributed by atoms with Gasteiger partial charge in [0.1, 0.15) is 0 Å². The molecule has 21 heavy (non-hydrogen) atoms. The Kier molecular flexibility index (Phi) is 3.05. The molecule has 0 saturated carbocycles. The van der Waals surface area contributed by atoms with Crippen molar-refractivity contribution in [3.05, 3.63) is 29.6 Å². The lowest BCUT2D eigenvalue weighted by Gasteiger charge is -2.06. The topological polar surface area (TPSA) is 112 Å². The maximum Gasteiger partial charge on any atom is 0.320 e. The summed E-state index contributed by atoms with van der Waals surface area (Å²) in [5.41, 5.74) is 8.38. The van der Waals surface area contributed by atoms with Gasteiger partial charge in [-0.2, -0.15) is 15.0 Å². The summed E-state index contributed by atoms with van der Waals surface area (Å²) >= 11 is 0. The Hall–Kier alpha value is -2.90. The lowest BCUT2D eigenvalue weighted by atomic mass is 10.2. The molecule has 8 nitrogen and oxygen atoms in total. The van der Waals surface area contributed by atoms with Crippen molar-refractivity contribution in [2.45, 2.75) is 13.5 Å². The van der Waals surface area contributed by atoms with Gasteiger partial charge in [-0.05, 0) is 18.6 Å². The summed E-state index contributed by atoms with van der Waals surface area (Å²) in [5, 5.41) is 10.0. The van der Waals surface area contributed by atoms with Crippen LogP contribution >= 0.6 is 0 Å². The fraction of sp³-hybridized carbons (Fsp3) is 0.231. The third-order valence-corrected chi connectivity index (χ3v) is 3.08. The summed E-state index contributed by atoms with van der Waals surface area (Å²) < 4.78 is 6.53. The zero-order valence-corrected chi connectivity index (χ0v) is 11.6. The highest BCUT2D eigenvalue weighted by Crippen LogP contribution is 2.25. The molecule has 0 unspecified atom stereocenters. The Morgan fingerprint density at radius 3 is 2.76 bits per heavy atom. The van der Waals surface area contributed by atoms with E-state index in [1.54, 1.807) is 6.20 Å². The number of fused-ring (bicyclic) bond motifs is 1. The highest BCUT2D eigenvalue weighted by molar-refractivity contribution is 5.83. The minimum atomic E-state index is -0.181. The Morgan fingerprint density at radius 2 is 2.10 bits per heavy atom. The van der Waals surface area contributed by atoms with Crippen LogP contribution in [0, 0.1) is 6.92 Å². The molecule has 0 bridgehead atoms. The second kappa shape index (κ2) is 4.89. The number of aryl methyl sites for hydroxylation is 1. The van der Waals surface area contributed by atoms with Gasteiger partial charge in [0.15, 0.2) is 17.0 Å². The minimum Gasteiger partial charge on any atom is -0.480 e. The SMILES string of the molecule is COc1nc(N)c2nc(O)n(Cc3ccc(C)nc3)c2n1. The van der Waals surface area contributed by atoms with E-state index in [4.69, 9.17) is 10.5 Å². The van der Waals surface area contributed by atoms with E-state index in [2.05, 4.69) is 19.9 Å². The molecule has 0 fully saturated rings. The number of nitrogen functional groups attached to an aromatic ring is 1. The van der Waals surface area contributed by atoms with E-state index in [9.17, 15) is 5.11 Å². The molecule has 0 radical (unpaired) electrons. The van der Waals surface area contributed by atoms with Crippen molar-refractivity contribution in [3.63, 3.8) is 0 Å². The van der Waals surface area contributed by atoms with Gasteiger partial charge in [-0.25, -0.2) is 0 Å². The standard InChI is InChI=1S/C13H14N6O2/c1-7-3-4-8(5-15-7)6-19-11-9(16-13(19)20)10(14)17-12(18-11)21-2/h3-5H,6H2,1-2H3,(H,16,20)(H2,14,17,18). The molecule has 3 aromatic rings. The number of hydrogen-bond donors (Lipinski definition) is 2. The molecule has 108 valence electrons. The van der Waals surface area contributed by atoms with Crippen molar-refractivity contribution in [1.82, 2.24) is 24.5 Å². The highest BCUT2D eigenvalue weighted by Gasteiger charge is 2.16. The Labute approximate surface area is 120 Å². The number of nitrogens with two attached hydrogens (primary N) is 1. The zero-order valence-electron chi connectivity index (χ0n) is 11.6. The first-order chi connectivity index (χ1) is 10.1. The number of nitrogens with zero attached hydrogens (tertiary/aromatic N) is 5. The molecule has 0 aliphatic carbocycles. The van der Waals surface area contributed by atoms with Gasteiger partial charge in [-0.3, -0.25) is 9.55 Å². The number of anilines is 1. The van der Waals surface area contributed by atoms with Gasteiger partial charge in [-0.15, -0.1) is 0 Å². The molecule has 3 N–H and O–H groups in total. The second-order valence-electron chi connectivity index (χ2n) is 4.57. The first-order valence-electron chi connectivity index (χ1n) is 6.26. The number of ether oxygens (including phenoxy) is 1. The average molecular weight is 286 g/mol. The van der Waals surface area contributed by atoms with Gasteiger partial charge in [0, 0.05) is 11.9 Å². The first kappa shape index (κ1) is 13.1. The molecule has 3 rings (SSSR count). The van der Waals surface area contributed by atoms with Crippen LogP contribution in [-0.4, -0.2) is 36.7 Å². The number of rotatable bonds is 3. The van der Waals surface area contributed by atoms with Crippen LogP contribution in [0.25, 0.3) is 11.2 Å². The van der Waals surface area contributed by atoms with E-state index < -0.39 is 0 Å². The largest absolute Gasteiger partial charge is 0.480 e. The fourth-order valence-corrected chi connectivity index (χ4v) is 2.00. The molecule has 8 heteroatoms. The second-order valence-corrected chi connectivity index (χ2v) is 4.57. The lowest BCUT2D eigenvalue weighted by molar-refractivity contribution is 0.381. The van der Waals surface area contributed by atoms with Gasteiger partial charge in [0.05, 0.1) is 13.7 Å². The summed E-state index contributed by atoms with van der Waals surface area (Å²) in [5.74, 6) is 0.160. The molecular weight excluding hydrogens is 272 g/mol. The van der Waals surface area contributed by atoms with Crippen molar-refractivity contribution in [2.75, 3.05) is 12.8 Å². The molecule has 0 aliphatic rings. The third kappa shape index (κ3) is 2.31. The maximum absolute atomic E-state index is 10.0. The van der Waals surface area contributed by atoms with Gasteiger partial charge < -0.3 is 15.6 Å². The van der Waals surface area contributed by atoms with Crippen LogP contribution in [0.2, 0.25) is 0 Å². The van der Waals surface area contributed by atoms with E-state index >= 15 is 0 Å². The van der Waals surface area contributed by atoms with Crippen LogP contribution in [0.3, 0.4) is 0 Å². The number of aromatic nitrogens is 5. The van der Waals surface area contributed by atoms with E-state index in [1.165, 1.54) is 11.7 Å². The highest BCUT2D eigenvalue weighted by atomic mass is 16.5. The molecule has 3 heterocycles. The van der Waals surface area contributed by atoms with Crippen molar-refractivity contribution in [1.29, 1.82) is 0 Å². The minimum absolute atomic E-state index is 0.128. The summed E-state index contributed by atoms with van der Waals surface area (Å²) in [6, 6.07) is 3.77. The number of methoxy groups -OCH3 is 1. The lowest BCUT2D eigenvalue weighted by Crippen LogP contribution is -2.04. The molecule has 0 atom stereocenters. The quantitative estimate of drug-likeness (QED) is 0.734. The Morgan fingerprint density at radius 1 is 1.29 bits per heavy atom. The summed E-state index contributed by atoms with van der Waals surface area (Å²) in [6.07, 6.45) is 1.74. The molecular formula is C13H14N6O2. The van der Waals surface area contributed by atoms with Crippen LogP contribution in [0.1, 0.15) is 11.3 Å². The monoisotopic (exact) mass is 286 g/mol. The number of hydrogen-bond acceptors (Lipinski definition) is 7. The van der Waals surface area contributed by atoms with Crippen molar-refractivity contribution in [3.8, 4) is 12.0 Å². The normalized spacial score (nSPS) is 11.0. The van der Waals surface area contributed by atoms with Gasteiger partial charge in [0.2, 0.25) is 0 Å². The smallest absolute Gasteiger partial charge is 0.320 e. The van der Waals surface area contributed by atoms with E-state index in [1.807, 2.05) is 19.1 Å². The predicted octanol–water partition coefficient (Wildman–Crippen LogP) is 0.874. The molecule has 0 spiro atoms. The molecule has 0 aliphatic heterocycles. The van der Waals surface area contributed by atoms with E-state index in [0.29, 0.717) is 17.7 Å². The number of imidazole rings is 1. The van der Waals surface area contributed by atoms with E-state index in [0.717, 1.165) is 11.3 Å². The van der Waals surface area contributed by atoms with Crippen LogP contribution in [0.4, 0.5) is 5.82 Å². The molecule has 0 aromatic carbocycles. The molecule has 0 amide bonds. The van der Waals surface area contributed by atoms with Gasteiger partial charge in [0.25, 0.3) is 6.01 Å². The van der Waals surface area contributed by atoms with Crippen LogP contribution < -0.4 is 10.5 Å².